The molecule has 0 bridgehead atoms. The van der Waals surface area contributed by atoms with Gasteiger partial charge in [-0.1, -0.05) is 12.1 Å². The van der Waals surface area contributed by atoms with E-state index in [1.54, 1.807) is 0 Å². The zero-order valence-electron chi connectivity index (χ0n) is 18.2. The van der Waals surface area contributed by atoms with Crippen LogP contribution in [0.4, 0.5) is 17.1 Å². The zero-order valence-corrected chi connectivity index (χ0v) is 18.2. The summed E-state index contributed by atoms with van der Waals surface area (Å²) in [6, 6.07) is 9.09. The van der Waals surface area contributed by atoms with Crippen LogP contribution in [0.15, 0.2) is 36.4 Å². The number of imide groups is 1. The molecule has 9 heteroatoms. The standard InChI is InChI=1S/C24H22N4O5/c1-12-5-10-16-20(13(12)2)25-23(31)24(16)19-18(17-4-3-11-26(17)24)21(29)27(22(19)30)14-6-8-15(9-7-14)28(32)33/h5-10,17-19H,3-4,11H2,1-2H3,(H,25,31)/t17-,18-,19+,24-/m1/s1. The normalized spacial score (nSPS) is 30.1. The lowest BCUT2D eigenvalue weighted by Crippen LogP contribution is -2.54. The first-order valence-corrected chi connectivity index (χ1v) is 11.1. The van der Waals surface area contributed by atoms with Crippen LogP contribution in [0.25, 0.3) is 0 Å². The van der Waals surface area contributed by atoms with E-state index in [0.717, 1.165) is 40.1 Å². The molecule has 3 amide bonds. The number of nitro groups is 1. The van der Waals surface area contributed by atoms with Crippen molar-refractivity contribution in [2.24, 2.45) is 11.8 Å². The summed E-state index contributed by atoms with van der Waals surface area (Å²) >= 11 is 0. The van der Waals surface area contributed by atoms with E-state index in [4.69, 9.17) is 0 Å². The van der Waals surface area contributed by atoms with E-state index in [2.05, 4.69) is 10.2 Å². The summed E-state index contributed by atoms with van der Waals surface area (Å²) in [6.07, 6.45) is 1.59. The minimum Gasteiger partial charge on any atom is -0.324 e. The zero-order chi connectivity index (χ0) is 23.2. The van der Waals surface area contributed by atoms with Gasteiger partial charge in [-0.25, -0.2) is 4.90 Å². The maximum Gasteiger partial charge on any atom is 0.269 e. The molecular weight excluding hydrogens is 424 g/mol. The second-order valence-electron chi connectivity index (χ2n) is 9.34. The fourth-order valence-corrected chi connectivity index (χ4v) is 6.50. The van der Waals surface area contributed by atoms with Crippen molar-refractivity contribution in [3.05, 3.63) is 63.2 Å². The summed E-state index contributed by atoms with van der Waals surface area (Å²) in [4.78, 5) is 55.0. The van der Waals surface area contributed by atoms with Crippen LogP contribution >= 0.6 is 0 Å². The van der Waals surface area contributed by atoms with E-state index < -0.39 is 28.2 Å². The van der Waals surface area contributed by atoms with Crippen LogP contribution in [0.1, 0.15) is 29.5 Å². The molecule has 0 aliphatic carbocycles. The van der Waals surface area contributed by atoms with Crippen LogP contribution in [0, 0.1) is 35.8 Å². The maximum atomic E-state index is 13.9. The Morgan fingerprint density at radius 3 is 2.48 bits per heavy atom. The number of aryl methyl sites for hydroxylation is 1. The monoisotopic (exact) mass is 446 g/mol. The molecule has 168 valence electrons. The number of rotatable bonds is 2. The van der Waals surface area contributed by atoms with Gasteiger partial charge in [-0.2, -0.15) is 0 Å². The highest BCUT2D eigenvalue weighted by atomic mass is 16.6. The number of hydrogen-bond acceptors (Lipinski definition) is 6. The number of hydrogen-bond donors (Lipinski definition) is 1. The van der Waals surface area contributed by atoms with Gasteiger partial charge in [-0.05, 0) is 56.5 Å². The van der Waals surface area contributed by atoms with Gasteiger partial charge >= 0.3 is 0 Å². The Morgan fingerprint density at radius 2 is 1.79 bits per heavy atom. The molecule has 0 saturated carbocycles. The van der Waals surface area contributed by atoms with Gasteiger partial charge in [-0.15, -0.1) is 0 Å². The van der Waals surface area contributed by atoms with Crippen LogP contribution in [-0.2, 0) is 19.9 Å². The molecule has 4 aliphatic rings. The predicted octanol–water partition coefficient (Wildman–Crippen LogP) is 2.64. The van der Waals surface area contributed by atoms with Crippen LogP contribution in [0.5, 0.6) is 0 Å². The van der Waals surface area contributed by atoms with E-state index in [1.807, 2.05) is 26.0 Å². The summed E-state index contributed by atoms with van der Waals surface area (Å²) < 4.78 is 0. The van der Waals surface area contributed by atoms with Crippen molar-refractivity contribution >= 4 is 34.8 Å². The van der Waals surface area contributed by atoms with Crippen molar-refractivity contribution in [2.45, 2.75) is 38.3 Å². The fraction of sp³-hybridized carbons (Fsp3) is 0.375. The van der Waals surface area contributed by atoms with Crippen molar-refractivity contribution in [3.63, 3.8) is 0 Å². The van der Waals surface area contributed by atoms with Crippen molar-refractivity contribution in [1.29, 1.82) is 0 Å². The van der Waals surface area contributed by atoms with Gasteiger partial charge in [0.2, 0.25) is 17.7 Å². The number of fused-ring (bicyclic) bond motifs is 7. The third-order valence-electron chi connectivity index (χ3n) is 8.02. The van der Waals surface area contributed by atoms with E-state index in [9.17, 15) is 24.5 Å². The Bertz CT molecular complexity index is 1270. The Kier molecular flexibility index (Phi) is 3.93. The third-order valence-corrected chi connectivity index (χ3v) is 8.02. The van der Waals surface area contributed by atoms with E-state index in [1.165, 1.54) is 24.3 Å². The molecular formula is C24H22N4O5. The number of non-ortho nitro benzene ring substituents is 1. The molecule has 1 spiro atoms. The van der Waals surface area contributed by atoms with Gasteiger partial charge in [0.15, 0.2) is 0 Å². The van der Waals surface area contributed by atoms with Gasteiger partial charge in [0.1, 0.15) is 5.54 Å². The number of carbonyl (C=O) groups excluding carboxylic acids is 3. The van der Waals surface area contributed by atoms with Gasteiger partial charge in [0.05, 0.1) is 22.4 Å². The first-order chi connectivity index (χ1) is 15.8. The topological polar surface area (TPSA) is 113 Å². The van der Waals surface area contributed by atoms with Crippen molar-refractivity contribution < 1.29 is 19.3 Å². The molecule has 4 aliphatic heterocycles. The number of nitrogens with one attached hydrogen (secondary N) is 1. The smallest absolute Gasteiger partial charge is 0.269 e. The maximum absolute atomic E-state index is 13.9. The van der Waals surface area contributed by atoms with E-state index in [-0.39, 0.29) is 23.5 Å². The third kappa shape index (κ3) is 2.27. The summed E-state index contributed by atoms with van der Waals surface area (Å²) in [5.41, 5.74) is 2.46. The highest BCUT2D eigenvalue weighted by molar-refractivity contribution is 6.26. The Hall–Kier alpha value is -3.59. The Balaban J connectivity index is 1.52. The minimum atomic E-state index is -1.22. The van der Waals surface area contributed by atoms with Gasteiger partial charge in [0.25, 0.3) is 5.69 Å². The van der Waals surface area contributed by atoms with Crippen LogP contribution < -0.4 is 10.2 Å². The van der Waals surface area contributed by atoms with E-state index >= 15 is 0 Å². The first-order valence-electron chi connectivity index (χ1n) is 11.1. The average molecular weight is 446 g/mol. The Labute approximate surface area is 189 Å². The molecule has 0 radical (unpaired) electrons. The van der Waals surface area contributed by atoms with Gasteiger partial charge in [0, 0.05) is 29.4 Å². The van der Waals surface area contributed by atoms with Crippen molar-refractivity contribution in [2.75, 3.05) is 16.8 Å². The molecule has 2 aromatic carbocycles. The van der Waals surface area contributed by atoms with Crippen LogP contribution in [-0.4, -0.2) is 40.1 Å². The average Bonchev–Trinajstić information content (AvgIpc) is 3.50. The van der Waals surface area contributed by atoms with Crippen LogP contribution in [0.3, 0.4) is 0 Å². The molecule has 3 fully saturated rings. The molecule has 1 N–H and O–H groups in total. The number of benzene rings is 2. The number of anilines is 2. The number of nitrogens with zero attached hydrogens (tertiary/aromatic N) is 3. The summed E-state index contributed by atoms with van der Waals surface area (Å²) in [6.45, 7) is 4.57. The summed E-state index contributed by atoms with van der Waals surface area (Å²) in [5.74, 6) is -2.48. The molecule has 4 heterocycles. The molecule has 9 nitrogen and oxygen atoms in total. The predicted molar refractivity (Wildman–Crippen MR) is 119 cm³/mol. The van der Waals surface area contributed by atoms with Gasteiger partial charge < -0.3 is 5.32 Å². The lowest BCUT2D eigenvalue weighted by molar-refractivity contribution is -0.384. The minimum absolute atomic E-state index is 0.119. The number of amides is 3. The first kappa shape index (κ1) is 20.0. The molecule has 0 unspecified atom stereocenters. The van der Waals surface area contributed by atoms with Crippen LogP contribution in [0.2, 0.25) is 0 Å². The summed E-state index contributed by atoms with van der Waals surface area (Å²) in [5, 5.41) is 14.1. The van der Waals surface area contributed by atoms with E-state index in [0.29, 0.717) is 12.2 Å². The summed E-state index contributed by atoms with van der Waals surface area (Å²) in [7, 11) is 0. The second kappa shape index (κ2) is 6.48. The highest BCUT2D eigenvalue weighted by Gasteiger charge is 2.74. The lowest BCUT2D eigenvalue weighted by Gasteiger charge is -2.36. The second-order valence-corrected chi connectivity index (χ2v) is 9.34. The largest absolute Gasteiger partial charge is 0.324 e. The Morgan fingerprint density at radius 1 is 1.06 bits per heavy atom. The number of carbonyl (C=O) groups is 3. The number of nitro benzene ring substituents is 1. The fourth-order valence-electron chi connectivity index (χ4n) is 6.50. The van der Waals surface area contributed by atoms with Crippen molar-refractivity contribution in [3.8, 4) is 0 Å². The SMILES string of the molecule is Cc1ccc2c(c1C)NC(=O)[C@]21[C@@H]2C(=O)N(c3ccc([N+](=O)[O-])cc3)C(=O)[C@@H]2[C@H]2CCCN21. The van der Waals surface area contributed by atoms with Crippen molar-refractivity contribution in [1.82, 2.24) is 4.90 Å². The quantitative estimate of drug-likeness (QED) is 0.431. The highest BCUT2D eigenvalue weighted by Crippen LogP contribution is 2.61. The molecule has 2 aromatic rings. The lowest BCUT2D eigenvalue weighted by atomic mass is 9.75. The molecule has 33 heavy (non-hydrogen) atoms. The molecule has 4 atom stereocenters. The molecule has 3 saturated heterocycles. The molecule has 6 rings (SSSR count). The van der Waals surface area contributed by atoms with Gasteiger partial charge in [-0.3, -0.25) is 29.4 Å². The molecule has 0 aromatic heterocycles.